The lowest BCUT2D eigenvalue weighted by atomic mass is 10.1. The third-order valence-electron chi connectivity index (χ3n) is 3.12. The highest BCUT2D eigenvalue weighted by Gasteiger charge is 2.16. The van der Waals surface area contributed by atoms with Gasteiger partial charge in [0.2, 0.25) is 5.91 Å². The molecule has 1 unspecified atom stereocenters. The Hall–Kier alpha value is -2.04. The predicted molar refractivity (Wildman–Crippen MR) is 78.9 cm³/mol. The molecule has 0 fully saturated rings. The summed E-state index contributed by atoms with van der Waals surface area (Å²) >= 11 is 0. The van der Waals surface area contributed by atoms with Crippen LogP contribution in [0.15, 0.2) is 24.3 Å². The second-order valence-electron chi connectivity index (χ2n) is 4.74. The number of anilines is 1. The van der Waals surface area contributed by atoms with Crippen molar-refractivity contribution in [3.63, 3.8) is 0 Å². The minimum atomic E-state index is -0.408. The van der Waals surface area contributed by atoms with E-state index < -0.39 is 5.97 Å². The fourth-order valence-corrected chi connectivity index (χ4v) is 1.81. The summed E-state index contributed by atoms with van der Waals surface area (Å²) in [6.45, 7) is 4.17. The molecule has 20 heavy (non-hydrogen) atoms. The molecule has 1 aromatic rings. The van der Waals surface area contributed by atoms with Crippen molar-refractivity contribution in [2.45, 2.75) is 26.3 Å². The summed E-state index contributed by atoms with van der Waals surface area (Å²) in [5.74, 6) is -0.476. The van der Waals surface area contributed by atoms with Crippen LogP contribution in [-0.2, 0) is 9.53 Å². The summed E-state index contributed by atoms with van der Waals surface area (Å²) in [5, 5.41) is 2.90. The minimum Gasteiger partial charge on any atom is -0.465 e. The Morgan fingerprint density at radius 3 is 2.60 bits per heavy atom. The first-order valence-corrected chi connectivity index (χ1v) is 6.67. The highest BCUT2D eigenvalue weighted by Crippen LogP contribution is 2.19. The molecule has 0 aliphatic carbocycles. The summed E-state index contributed by atoms with van der Waals surface area (Å²) in [7, 11) is 3.12. The largest absolute Gasteiger partial charge is 0.465 e. The van der Waals surface area contributed by atoms with E-state index in [1.54, 1.807) is 30.1 Å². The summed E-state index contributed by atoms with van der Waals surface area (Å²) in [4.78, 5) is 25.3. The molecular weight excluding hydrogens is 256 g/mol. The molecule has 0 aliphatic heterocycles. The average molecular weight is 278 g/mol. The van der Waals surface area contributed by atoms with Crippen molar-refractivity contribution >= 4 is 17.6 Å². The number of hydrogen-bond donors (Lipinski definition) is 1. The number of para-hydroxylation sites is 1. The maximum atomic E-state index is 11.9. The van der Waals surface area contributed by atoms with E-state index in [4.69, 9.17) is 4.74 Å². The quantitative estimate of drug-likeness (QED) is 0.806. The van der Waals surface area contributed by atoms with Gasteiger partial charge in [-0.1, -0.05) is 19.1 Å². The van der Waals surface area contributed by atoms with Crippen molar-refractivity contribution in [1.82, 2.24) is 5.32 Å². The number of amides is 1. The second kappa shape index (κ2) is 7.53. The molecule has 0 aromatic heterocycles. The lowest BCUT2D eigenvalue weighted by molar-refractivity contribution is -0.120. The van der Waals surface area contributed by atoms with Crippen LogP contribution >= 0.6 is 0 Å². The van der Waals surface area contributed by atoms with Gasteiger partial charge in [-0.2, -0.15) is 0 Å². The first kappa shape index (κ1) is 16.0. The molecule has 0 heterocycles. The van der Waals surface area contributed by atoms with Crippen molar-refractivity contribution < 1.29 is 14.3 Å². The topological polar surface area (TPSA) is 58.6 Å². The summed E-state index contributed by atoms with van der Waals surface area (Å²) in [6.07, 6.45) is 0.883. The van der Waals surface area contributed by atoms with E-state index in [1.807, 2.05) is 19.9 Å². The summed E-state index contributed by atoms with van der Waals surface area (Å²) in [5.41, 5.74) is 1.13. The van der Waals surface area contributed by atoms with Crippen LogP contribution in [0.3, 0.4) is 0 Å². The van der Waals surface area contributed by atoms with E-state index in [0.29, 0.717) is 11.3 Å². The Labute approximate surface area is 119 Å². The molecule has 1 amide bonds. The number of carbonyl (C=O) groups excluding carboxylic acids is 2. The van der Waals surface area contributed by atoms with Crippen LogP contribution in [0, 0.1) is 0 Å². The maximum absolute atomic E-state index is 11.9. The van der Waals surface area contributed by atoms with Crippen molar-refractivity contribution in [3.8, 4) is 0 Å². The summed E-state index contributed by atoms with van der Waals surface area (Å²) in [6, 6.07) is 7.22. The van der Waals surface area contributed by atoms with Crippen molar-refractivity contribution in [2.75, 3.05) is 25.6 Å². The number of benzene rings is 1. The van der Waals surface area contributed by atoms with Gasteiger partial charge in [0.15, 0.2) is 0 Å². The van der Waals surface area contributed by atoms with Gasteiger partial charge in [0.1, 0.15) is 0 Å². The first-order valence-electron chi connectivity index (χ1n) is 6.67. The van der Waals surface area contributed by atoms with Crippen molar-refractivity contribution in [3.05, 3.63) is 29.8 Å². The smallest absolute Gasteiger partial charge is 0.339 e. The van der Waals surface area contributed by atoms with Gasteiger partial charge in [0.25, 0.3) is 0 Å². The van der Waals surface area contributed by atoms with Gasteiger partial charge < -0.3 is 15.0 Å². The minimum absolute atomic E-state index is 0.0680. The Kier molecular flexibility index (Phi) is 6.03. The molecule has 0 bridgehead atoms. The van der Waals surface area contributed by atoms with E-state index in [-0.39, 0.29) is 18.5 Å². The van der Waals surface area contributed by atoms with Gasteiger partial charge in [0, 0.05) is 13.1 Å². The lowest BCUT2D eigenvalue weighted by Crippen LogP contribution is -2.39. The monoisotopic (exact) mass is 278 g/mol. The average Bonchev–Trinajstić information content (AvgIpc) is 2.45. The van der Waals surface area contributed by atoms with E-state index >= 15 is 0 Å². The molecule has 0 spiro atoms. The molecule has 1 N–H and O–H groups in total. The number of carbonyl (C=O) groups is 2. The fraction of sp³-hybridized carbons (Fsp3) is 0.467. The third-order valence-corrected chi connectivity index (χ3v) is 3.12. The van der Waals surface area contributed by atoms with Gasteiger partial charge in [-0.25, -0.2) is 4.79 Å². The molecule has 0 saturated heterocycles. The van der Waals surface area contributed by atoms with Crippen molar-refractivity contribution in [2.24, 2.45) is 0 Å². The van der Waals surface area contributed by atoms with Gasteiger partial charge >= 0.3 is 5.97 Å². The molecule has 1 atom stereocenters. The summed E-state index contributed by atoms with van der Waals surface area (Å²) < 4.78 is 4.75. The molecule has 0 saturated carbocycles. The first-order chi connectivity index (χ1) is 9.49. The Balaban J connectivity index is 2.80. The normalized spacial score (nSPS) is 11.6. The van der Waals surface area contributed by atoms with Crippen molar-refractivity contribution in [1.29, 1.82) is 0 Å². The van der Waals surface area contributed by atoms with Crippen LogP contribution < -0.4 is 10.2 Å². The highest BCUT2D eigenvalue weighted by atomic mass is 16.5. The van der Waals surface area contributed by atoms with Crippen LogP contribution in [0.2, 0.25) is 0 Å². The highest BCUT2D eigenvalue weighted by molar-refractivity contribution is 5.96. The van der Waals surface area contributed by atoms with Crippen LogP contribution in [0.4, 0.5) is 5.69 Å². The number of methoxy groups -OCH3 is 1. The number of esters is 1. The Morgan fingerprint density at radius 2 is 2.00 bits per heavy atom. The molecule has 1 aromatic carbocycles. The second-order valence-corrected chi connectivity index (χ2v) is 4.74. The van der Waals surface area contributed by atoms with Gasteiger partial charge in [-0.15, -0.1) is 0 Å². The van der Waals surface area contributed by atoms with Crippen LogP contribution in [-0.4, -0.2) is 38.6 Å². The van der Waals surface area contributed by atoms with Gasteiger partial charge in [-0.3, -0.25) is 4.79 Å². The van der Waals surface area contributed by atoms with E-state index in [2.05, 4.69) is 5.32 Å². The maximum Gasteiger partial charge on any atom is 0.339 e. The molecular formula is C15H22N2O3. The number of hydrogen-bond acceptors (Lipinski definition) is 4. The number of ether oxygens (including phenoxy) is 1. The zero-order chi connectivity index (χ0) is 15.1. The molecule has 0 radical (unpaired) electrons. The predicted octanol–water partition coefficient (Wildman–Crippen LogP) is 1.82. The number of rotatable bonds is 6. The molecule has 5 nitrogen and oxygen atoms in total. The zero-order valence-corrected chi connectivity index (χ0v) is 12.5. The molecule has 5 heteroatoms. The Bertz CT molecular complexity index is 474. The standard InChI is InChI=1S/C15H22N2O3/c1-5-11(2)16-14(18)10-17(3)13-9-7-6-8-12(13)15(19)20-4/h6-9,11H,5,10H2,1-4H3,(H,16,18). The van der Waals surface area contributed by atoms with E-state index in [9.17, 15) is 9.59 Å². The zero-order valence-electron chi connectivity index (χ0n) is 12.5. The van der Waals surface area contributed by atoms with Crippen LogP contribution in [0.5, 0.6) is 0 Å². The number of nitrogens with zero attached hydrogens (tertiary/aromatic N) is 1. The molecule has 0 aliphatic rings. The van der Waals surface area contributed by atoms with E-state index in [0.717, 1.165) is 6.42 Å². The molecule has 1 rings (SSSR count). The van der Waals surface area contributed by atoms with Gasteiger partial charge in [-0.05, 0) is 25.5 Å². The van der Waals surface area contributed by atoms with Gasteiger partial charge in [0.05, 0.1) is 24.9 Å². The third kappa shape index (κ3) is 4.26. The SMILES string of the molecule is CCC(C)NC(=O)CN(C)c1ccccc1C(=O)OC. The number of nitrogens with one attached hydrogen (secondary N) is 1. The lowest BCUT2D eigenvalue weighted by Gasteiger charge is -2.22. The van der Waals surface area contributed by atoms with Crippen LogP contribution in [0.1, 0.15) is 30.6 Å². The van der Waals surface area contributed by atoms with Crippen LogP contribution in [0.25, 0.3) is 0 Å². The number of likely N-dealkylation sites (N-methyl/N-ethyl adjacent to an activating group) is 1. The van der Waals surface area contributed by atoms with E-state index in [1.165, 1.54) is 7.11 Å². The molecule has 110 valence electrons. The Morgan fingerprint density at radius 1 is 1.35 bits per heavy atom. The fourth-order valence-electron chi connectivity index (χ4n) is 1.81.